The van der Waals surface area contributed by atoms with E-state index in [0.29, 0.717) is 26.2 Å². The van der Waals surface area contributed by atoms with Crippen LogP contribution in [0.3, 0.4) is 0 Å². The van der Waals surface area contributed by atoms with Crippen LogP contribution in [0.1, 0.15) is 258 Å². The fourth-order valence-electron chi connectivity index (χ4n) is 8.56. The van der Waals surface area contributed by atoms with Gasteiger partial charge in [-0.15, -0.1) is 0 Å². The lowest BCUT2D eigenvalue weighted by Gasteiger charge is -2.22. The molecule has 0 atom stereocenters. The van der Waals surface area contributed by atoms with Crippen LogP contribution in [0.2, 0.25) is 0 Å². The molecule has 0 aliphatic carbocycles. The second-order valence-electron chi connectivity index (χ2n) is 18.8. The van der Waals surface area contributed by atoms with E-state index < -0.39 is 0 Å². The number of allylic oxidation sites excluding steroid dienone is 4. The summed E-state index contributed by atoms with van der Waals surface area (Å²) in [7, 11) is 0. The van der Waals surface area contributed by atoms with Gasteiger partial charge >= 0.3 is 5.97 Å². The Kier molecular flexibility index (Phi) is 54.0. The van der Waals surface area contributed by atoms with E-state index in [0.717, 1.165) is 64.8 Å². The van der Waals surface area contributed by atoms with Gasteiger partial charge in [-0.2, -0.15) is 0 Å². The maximum absolute atomic E-state index is 12.2. The van der Waals surface area contributed by atoms with E-state index in [1.165, 1.54) is 212 Å². The van der Waals surface area contributed by atoms with E-state index in [4.69, 9.17) is 14.6 Å². The number of nitrogens with zero attached hydrogens (tertiary/aromatic N) is 2. The molecule has 0 aliphatic heterocycles. The Balaban J connectivity index is 3.65. The van der Waals surface area contributed by atoms with Crippen LogP contribution in [-0.2, 0) is 14.3 Å². The maximum Gasteiger partial charge on any atom is 0.305 e. The summed E-state index contributed by atoms with van der Waals surface area (Å²) in [4.78, 5) is 17.3. The Hall–Kier alpha value is -1.25. The number of aliphatic hydroxyl groups excluding tert-OH is 2. The van der Waals surface area contributed by atoms with Crippen LogP contribution < -0.4 is 0 Å². The third kappa shape index (κ3) is 51.6. The molecule has 0 rings (SSSR count). The molecule has 0 fully saturated rings. The molecule has 0 amide bonds. The minimum Gasteiger partial charge on any atom is -0.466 e. The van der Waals surface area contributed by atoms with E-state index in [1.807, 2.05) is 0 Å². The smallest absolute Gasteiger partial charge is 0.305 e. The highest BCUT2D eigenvalue weighted by Gasteiger charge is 2.07. The molecule has 2 N–H and O–H groups in total. The van der Waals surface area contributed by atoms with Gasteiger partial charge in [-0.25, -0.2) is 0 Å². The second kappa shape index (κ2) is 55.1. The van der Waals surface area contributed by atoms with E-state index >= 15 is 0 Å². The van der Waals surface area contributed by atoms with Crippen LogP contribution >= 0.6 is 0 Å². The van der Waals surface area contributed by atoms with Crippen LogP contribution in [0.4, 0.5) is 0 Å². The summed E-state index contributed by atoms with van der Waals surface area (Å²) in [6, 6.07) is 0. The van der Waals surface area contributed by atoms with Crippen molar-refractivity contribution in [1.29, 1.82) is 0 Å². The largest absolute Gasteiger partial charge is 0.466 e. The van der Waals surface area contributed by atoms with Crippen LogP contribution in [0.5, 0.6) is 0 Å². The molecule has 0 aromatic heterocycles. The van der Waals surface area contributed by atoms with E-state index in [1.54, 1.807) is 0 Å². The van der Waals surface area contributed by atoms with Crippen molar-refractivity contribution in [3.8, 4) is 0 Å². The molecule has 0 bridgehead atoms. The summed E-state index contributed by atoms with van der Waals surface area (Å²) in [6.07, 6.45) is 57.2. The molecule has 0 aromatic carbocycles. The Morgan fingerprint density at radius 3 is 1.22 bits per heavy atom. The zero-order valence-electron chi connectivity index (χ0n) is 42.5. The van der Waals surface area contributed by atoms with Gasteiger partial charge in [0.1, 0.15) is 0 Å². The topological polar surface area (TPSA) is 82.5 Å². The molecule has 0 unspecified atom stereocenters. The monoisotopic (exact) mass is 891 g/mol. The summed E-state index contributed by atoms with van der Waals surface area (Å²) < 4.78 is 11.1. The first-order valence-corrected chi connectivity index (χ1v) is 27.9. The normalized spacial score (nSPS) is 12.0. The Morgan fingerprint density at radius 2 is 0.762 bits per heavy atom. The highest BCUT2D eigenvalue weighted by molar-refractivity contribution is 5.69. The van der Waals surface area contributed by atoms with Crippen LogP contribution in [0, 0.1) is 0 Å². The Bertz CT molecular complexity index is 929. The van der Waals surface area contributed by atoms with Gasteiger partial charge in [-0.1, -0.05) is 205 Å². The predicted molar refractivity (Wildman–Crippen MR) is 274 cm³/mol. The number of unbranched alkanes of at least 4 members (excludes halogenated alkanes) is 31. The van der Waals surface area contributed by atoms with Crippen molar-refractivity contribution in [3.63, 3.8) is 0 Å². The number of hydrogen-bond acceptors (Lipinski definition) is 7. The first-order valence-electron chi connectivity index (χ1n) is 27.9. The Labute approximate surface area is 393 Å². The molecule has 0 heterocycles. The fraction of sp³-hybridized carbons (Fsp3) is 0.911. The summed E-state index contributed by atoms with van der Waals surface area (Å²) in [6.45, 7) is 13.0. The third-order valence-corrected chi connectivity index (χ3v) is 12.7. The maximum atomic E-state index is 12.2. The molecule has 374 valence electrons. The number of rotatable bonds is 54. The van der Waals surface area contributed by atoms with E-state index in [-0.39, 0.29) is 19.2 Å². The Morgan fingerprint density at radius 1 is 0.381 bits per heavy atom. The highest BCUT2D eigenvalue weighted by Crippen LogP contribution is 2.15. The van der Waals surface area contributed by atoms with Gasteiger partial charge < -0.3 is 29.5 Å². The lowest BCUT2D eigenvalue weighted by Crippen LogP contribution is -2.30. The van der Waals surface area contributed by atoms with Crippen molar-refractivity contribution in [3.05, 3.63) is 24.3 Å². The highest BCUT2D eigenvalue weighted by atomic mass is 16.5. The average Bonchev–Trinajstić information content (AvgIpc) is 3.29. The van der Waals surface area contributed by atoms with Crippen molar-refractivity contribution in [2.75, 3.05) is 72.3 Å². The quantitative estimate of drug-likeness (QED) is 0.0358. The number of ether oxygens (including phenoxy) is 2. The molecule has 0 aliphatic rings. The van der Waals surface area contributed by atoms with E-state index in [2.05, 4.69) is 48.0 Å². The molecular formula is C56H110N2O5. The second-order valence-corrected chi connectivity index (χ2v) is 18.8. The molecule has 0 saturated heterocycles. The lowest BCUT2D eigenvalue weighted by molar-refractivity contribution is -0.143. The summed E-state index contributed by atoms with van der Waals surface area (Å²) in [5.74, 6) is -0.0123. The van der Waals surface area contributed by atoms with Gasteiger partial charge in [-0.05, 0) is 96.8 Å². The zero-order valence-corrected chi connectivity index (χ0v) is 42.5. The number of carbonyl (C=O) groups is 1. The summed E-state index contributed by atoms with van der Waals surface area (Å²) in [5, 5.41) is 18.6. The number of hydrogen-bond donors (Lipinski definition) is 2. The van der Waals surface area contributed by atoms with Gasteiger partial charge in [0.25, 0.3) is 0 Å². The van der Waals surface area contributed by atoms with Gasteiger partial charge in [0.15, 0.2) is 0 Å². The number of carbonyl (C=O) groups excluding carboxylic acids is 1. The van der Waals surface area contributed by atoms with Crippen molar-refractivity contribution < 1.29 is 24.5 Å². The molecule has 63 heavy (non-hydrogen) atoms. The molecular weight excluding hydrogens is 781 g/mol. The number of esters is 1. The molecule has 0 saturated carbocycles. The summed E-state index contributed by atoms with van der Waals surface area (Å²) in [5.41, 5.74) is 0. The first kappa shape index (κ1) is 61.8. The molecule has 0 spiro atoms. The standard InChI is InChI=1S/C56H110N2O5/c1-3-5-7-9-11-13-15-16-17-18-19-20-22-27-33-39-45-57(49-51-59)46-40-34-29-23-24-31-37-43-53-63-56(61)44-38-32-26-25-30-36-42-48-58(50-54-62-55-52-60)47-41-35-28-21-14-12-10-8-6-4-2/h11,13,16-17,59-60H,3-10,12,14-15,18-55H2,1-2H3/b13-11-,17-16-. The average molecular weight is 892 g/mol. The van der Waals surface area contributed by atoms with Crippen molar-refractivity contribution in [2.24, 2.45) is 0 Å². The lowest BCUT2D eigenvalue weighted by atomic mass is 10.1. The molecule has 7 heteroatoms. The molecule has 0 radical (unpaired) electrons. The van der Waals surface area contributed by atoms with Gasteiger partial charge in [0, 0.05) is 19.5 Å². The van der Waals surface area contributed by atoms with Gasteiger partial charge in [-0.3, -0.25) is 4.79 Å². The predicted octanol–water partition coefficient (Wildman–Crippen LogP) is 15.1. The molecule has 0 aromatic rings. The van der Waals surface area contributed by atoms with Crippen LogP contribution in [0.25, 0.3) is 0 Å². The minimum absolute atomic E-state index is 0.0123. The van der Waals surface area contributed by atoms with Gasteiger partial charge in [0.2, 0.25) is 0 Å². The van der Waals surface area contributed by atoms with Crippen LogP contribution in [-0.4, -0.2) is 98.3 Å². The number of aliphatic hydroxyl groups is 2. The van der Waals surface area contributed by atoms with Crippen molar-refractivity contribution >= 4 is 5.97 Å². The fourth-order valence-corrected chi connectivity index (χ4v) is 8.56. The summed E-state index contributed by atoms with van der Waals surface area (Å²) >= 11 is 0. The van der Waals surface area contributed by atoms with Crippen molar-refractivity contribution in [1.82, 2.24) is 9.80 Å². The van der Waals surface area contributed by atoms with Crippen LogP contribution in [0.15, 0.2) is 24.3 Å². The van der Waals surface area contributed by atoms with Gasteiger partial charge in [0.05, 0.1) is 33.0 Å². The zero-order chi connectivity index (χ0) is 45.6. The first-order chi connectivity index (χ1) is 31.2. The van der Waals surface area contributed by atoms with Crippen molar-refractivity contribution in [2.45, 2.75) is 258 Å². The molecule has 7 nitrogen and oxygen atoms in total. The third-order valence-electron chi connectivity index (χ3n) is 12.7. The SMILES string of the molecule is CCCCC/C=C\C/C=C\CCCCCCCCN(CCO)CCCCCCCCCCOC(=O)CCCCCCCCCN(CCCCCCCCCCCC)CCOCCO. The minimum atomic E-state index is -0.0123. The van der Waals surface area contributed by atoms with E-state index in [9.17, 15) is 9.90 Å².